The van der Waals surface area contributed by atoms with E-state index in [1.54, 1.807) is 31.3 Å². The summed E-state index contributed by atoms with van der Waals surface area (Å²) in [5.41, 5.74) is 0.516. The fourth-order valence-corrected chi connectivity index (χ4v) is 1.81. The Morgan fingerprint density at radius 1 is 1.33 bits per heavy atom. The summed E-state index contributed by atoms with van der Waals surface area (Å²) >= 11 is 6.03. The van der Waals surface area contributed by atoms with Crippen molar-refractivity contribution in [2.24, 2.45) is 0 Å². The summed E-state index contributed by atoms with van der Waals surface area (Å²) in [4.78, 5) is 18.4. The first kappa shape index (κ1) is 12.3. The molecule has 92 valence electrons. The third-order valence-electron chi connectivity index (χ3n) is 2.37. The van der Waals surface area contributed by atoms with Gasteiger partial charge in [0, 0.05) is 12.6 Å². The van der Waals surface area contributed by atoms with Crippen molar-refractivity contribution in [3.63, 3.8) is 0 Å². The molecule has 0 bridgehead atoms. The molecule has 2 rings (SSSR count). The van der Waals surface area contributed by atoms with Crippen molar-refractivity contribution in [3.8, 4) is 11.3 Å². The van der Waals surface area contributed by atoms with Crippen LogP contribution >= 0.6 is 11.6 Å². The molecule has 6 nitrogen and oxygen atoms in total. The first-order chi connectivity index (χ1) is 8.65. The van der Waals surface area contributed by atoms with Gasteiger partial charge in [-0.15, -0.1) is 0 Å². The summed E-state index contributed by atoms with van der Waals surface area (Å²) in [7, 11) is 1.56. The van der Waals surface area contributed by atoms with E-state index in [1.807, 2.05) is 0 Å². The summed E-state index contributed by atoms with van der Waals surface area (Å²) in [5, 5.41) is 14.2. The van der Waals surface area contributed by atoms with E-state index >= 15 is 0 Å². The van der Waals surface area contributed by atoms with Crippen LogP contribution in [-0.4, -0.2) is 21.9 Å². The molecule has 1 aromatic heterocycles. The van der Waals surface area contributed by atoms with Gasteiger partial charge in [-0.1, -0.05) is 29.8 Å². The Balaban J connectivity index is 2.72. The minimum Gasteiger partial charge on any atom is -0.367 e. The van der Waals surface area contributed by atoms with Crippen LogP contribution in [0.2, 0.25) is 5.02 Å². The summed E-state index contributed by atoms with van der Waals surface area (Å²) in [6.45, 7) is 0. The van der Waals surface area contributed by atoms with Crippen LogP contribution in [0.5, 0.6) is 0 Å². The fourth-order valence-electron chi connectivity index (χ4n) is 1.59. The third-order valence-corrected chi connectivity index (χ3v) is 2.70. The Kier molecular flexibility index (Phi) is 3.38. The van der Waals surface area contributed by atoms with Crippen LogP contribution in [0.15, 0.2) is 30.6 Å². The minimum absolute atomic E-state index is 0.157. The summed E-state index contributed by atoms with van der Waals surface area (Å²) in [6.07, 6.45) is 1.26. The van der Waals surface area contributed by atoms with E-state index in [-0.39, 0.29) is 17.2 Å². The number of halogens is 1. The van der Waals surface area contributed by atoms with Crippen molar-refractivity contribution in [1.29, 1.82) is 0 Å². The molecular weight excluding hydrogens is 256 g/mol. The second-order valence-corrected chi connectivity index (χ2v) is 3.81. The van der Waals surface area contributed by atoms with Crippen LogP contribution in [0.3, 0.4) is 0 Å². The molecule has 18 heavy (non-hydrogen) atoms. The number of hydrogen-bond donors (Lipinski definition) is 1. The molecule has 7 heteroatoms. The van der Waals surface area contributed by atoms with Crippen LogP contribution in [0.25, 0.3) is 11.3 Å². The lowest BCUT2D eigenvalue weighted by molar-refractivity contribution is -0.383. The van der Waals surface area contributed by atoms with Crippen LogP contribution in [-0.2, 0) is 0 Å². The van der Waals surface area contributed by atoms with Gasteiger partial charge < -0.3 is 5.32 Å². The molecule has 0 amide bonds. The Labute approximate surface area is 108 Å². The SMILES string of the molecule is CNc1ncnc(-c2ccccc2Cl)c1[N+](=O)[O-]. The highest BCUT2D eigenvalue weighted by Crippen LogP contribution is 2.35. The molecule has 0 aliphatic rings. The third kappa shape index (κ3) is 2.10. The van der Waals surface area contributed by atoms with E-state index in [0.29, 0.717) is 10.6 Å². The van der Waals surface area contributed by atoms with E-state index in [0.717, 1.165) is 0 Å². The lowest BCUT2D eigenvalue weighted by Gasteiger charge is -2.06. The fraction of sp³-hybridized carbons (Fsp3) is 0.0909. The van der Waals surface area contributed by atoms with Gasteiger partial charge in [0.25, 0.3) is 0 Å². The number of benzene rings is 1. The zero-order valence-corrected chi connectivity index (χ0v) is 10.2. The smallest absolute Gasteiger partial charge is 0.337 e. The van der Waals surface area contributed by atoms with Crippen LogP contribution < -0.4 is 5.32 Å². The van der Waals surface area contributed by atoms with E-state index < -0.39 is 4.92 Å². The van der Waals surface area contributed by atoms with Gasteiger partial charge in [0.05, 0.1) is 9.95 Å². The summed E-state index contributed by atoms with van der Waals surface area (Å²) in [5.74, 6) is 0.157. The van der Waals surface area contributed by atoms with E-state index in [1.165, 1.54) is 6.33 Å². The number of nitrogens with zero attached hydrogens (tertiary/aromatic N) is 3. The van der Waals surface area contributed by atoms with Gasteiger partial charge >= 0.3 is 5.69 Å². The normalized spacial score (nSPS) is 10.1. The predicted octanol–water partition coefficient (Wildman–Crippen LogP) is 2.75. The van der Waals surface area contributed by atoms with Gasteiger partial charge in [0.2, 0.25) is 5.82 Å². The number of nitrogens with one attached hydrogen (secondary N) is 1. The number of anilines is 1. The lowest BCUT2D eigenvalue weighted by atomic mass is 10.1. The second-order valence-electron chi connectivity index (χ2n) is 3.41. The Morgan fingerprint density at radius 3 is 2.67 bits per heavy atom. The number of nitro groups is 1. The van der Waals surface area contributed by atoms with Crippen molar-refractivity contribution in [3.05, 3.63) is 45.7 Å². The molecule has 0 spiro atoms. The molecule has 0 radical (unpaired) electrons. The van der Waals surface area contributed by atoms with Crippen LogP contribution in [0.1, 0.15) is 0 Å². The Bertz CT molecular complexity index is 603. The summed E-state index contributed by atoms with van der Waals surface area (Å²) in [6, 6.07) is 6.82. The van der Waals surface area contributed by atoms with Gasteiger partial charge in [-0.05, 0) is 6.07 Å². The molecule has 0 fully saturated rings. The monoisotopic (exact) mass is 264 g/mol. The van der Waals surface area contributed by atoms with Crippen molar-refractivity contribution in [2.75, 3.05) is 12.4 Å². The van der Waals surface area contributed by atoms with Gasteiger partial charge in [-0.25, -0.2) is 9.97 Å². The Morgan fingerprint density at radius 2 is 2.06 bits per heavy atom. The lowest BCUT2D eigenvalue weighted by Crippen LogP contribution is -2.03. The van der Waals surface area contributed by atoms with E-state index in [4.69, 9.17) is 11.6 Å². The van der Waals surface area contributed by atoms with Crippen molar-refractivity contribution in [2.45, 2.75) is 0 Å². The number of aromatic nitrogens is 2. The maximum atomic E-state index is 11.1. The quantitative estimate of drug-likeness (QED) is 0.681. The van der Waals surface area contributed by atoms with Gasteiger partial charge in [-0.2, -0.15) is 0 Å². The van der Waals surface area contributed by atoms with Crippen molar-refractivity contribution in [1.82, 2.24) is 9.97 Å². The highest BCUT2D eigenvalue weighted by atomic mass is 35.5. The zero-order chi connectivity index (χ0) is 13.1. The van der Waals surface area contributed by atoms with Crippen molar-refractivity contribution >= 4 is 23.1 Å². The highest BCUT2D eigenvalue weighted by molar-refractivity contribution is 6.33. The molecule has 2 aromatic rings. The Hall–Kier alpha value is -2.21. The van der Waals surface area contributed by atoms with Crippen LogP contribution in [0, 0.1) is 10.1 Å². The first-order valence-corrected chi connectivity index (χ1v) is 5.45. The largest absolute Gasteiger partial charge is 0.367 e. The highest BCUT2D eigenvalue weighted by Gasteiger charge is 2.24. The van der Waals surface area contributed by atoms with Gasteiger partial charge in [-0.3, -0.25) is 10.1 Å². The molecule has 1 N–H and O–H groups in total. The maximum absolute atomic E-state index is 11.1. The molecule has 1 heterocycles. The standard InChI is InChI=1S/C11H9ClN4O2/c1-13-11-10(16(17)18)9(14-6-15-11)7-4-2-3-5-8(7)12/h2-6H,1H3,(H,13,14,15). The zero-order valence-electron chi connectivity index (χ0n) is 9.42. The predicted molar refractivity (Wildman–Crippen MR) is 68.7 cm³/mol. The second kappa shape index (κ2) is 4.97. The van der Waals surface area contributed by atoms with Crippen LogP contribution in [0.4, 0.5) is 11.5 Å². The van der Waals surface area contributed by atoms with E-state index in [9.17, 15) is 10.1 Å². The average molecular weight is 265 g/mol. The van der Waals surface area contributed by atoms with Gasteiger partial charge in [0.15, 0.2) is 5.69 Å². The summed E-state index contributed by atoms with van der Waals surface area (Å²) < 4.78 is 0. The first-order valence-electron chi connectivity index (χ1n) is 5.07. The molecule has 0 aliphatic carbocycles. The topological polar surface area (TPSA) is 81.0 Å². The minimum atomic E-state index is -0.523. The molecule has 1 aromatic carbocycles. The molecule has 0 unspecified atom stereocenters. The average Bonchev–Trinajstić information content (AvgIpc) is 2.38. The number of rotatable bonds is 3. The maximum Gasteiger partial charge on any atom is 0.337 e. The molecular formula is C11H9ClN4O2. The molecule has 0 atom stereocenters. The van der Waals surface area contributed by atoms with Gasteiger partial charge in [0.1, 0.15) is 6.33 Å². The molecule has 0 aliphatic heterocycles. The van der Waals surface area contributed by atoms with Crippen molar-refractivity contribution < 1.29 is 4.92 Å². The molecule has 0 saturated heterocycles. The van der Waals surface area contributed by atoms with E-state index in [2.05, 4.69) is 15.3 Å². The molecule has 0 saturated carbocycles. The number of hydrogen-bond acceptors (Lipinski definition) is 5.